The molecule has 1 aromatic heterocycles. The predicted molar refractivity (Wildman–Crippen MR) is 157 cm³/mol. The van der Waals surface area contributed by atoms with E-state index < -0.39 is 0 Å². The Morgan fingerprint density at radius 2 is 1.08 bits per heavy atom. The molecule has 0 amide bonds. The lowest BCUT2D eigenvalue weighted by Gasteiger charge is -2.18. The molecule has 1 heteroatoms. The minimum Gasteiger partial charge on any atom is -0.456 e. The van der Waals surface area contributed by atoms with Crippen molar-refractivity contribution in [3.05, 3.63) is 133 Å². The van der Waals surface area contributed by atoms with Gasteiger partial charge in [0.05, 0.1) is 5.48 Å². The van der Waals surface area contributed by atoms with Gasteiger partial charge in [-0.15, -0.1) is 0 Å². The van der Waals surface area contributed by atoms with Gasteiger partial charge in [0.1, 0.15) is 11.2 Å². The Morgan fingerprint density at radius 3 is 1.84 bits per heavy atom. The number of para-hydroxylation sites is 1. The van der Waals surface area contributed by atoms with E-state index in [9.17, 15) is 0 Å². The van der Waals surface area contributed by atoms with Gasteiger partial charge in [0.2, 0.25) is 0 Å². The van der Waals surface area contributed by atoms with Gasteiger partial charge in [0.15, 0.2) is 0 Å². The van der Waals surface area contributed by atoms with Crippen LogP contribution in [0.1, 0.15) is 5.48 Å². The van der Waals surface area contributed by atoms with Crippen LogP contribution in [-0.2, 0) is 0 Å². The largest absolute Gasteiger partial charge is 0.456 e. The molecule has 0 unspecified atom stereocenters. The summed E-state index contributed by atoms with van der Waals surface area (Å²) in [4.78, 5) is 0. The number of benzene rings is 7. The molecule has 0 fully saturated rings. The molecule has 0 saturated carbocycles. The van der Waals surface area contributed by atoms with Crippen LogP contribution in [0.25, 0.3) is 76.5 Å². The summed E-state index contributed by atoms with van der Waals surface area (Å²) in [6.45, 7) is 0. The third-order valence-electron chi connectivity index (χ3n) is 7.40. The van der Waals surface area contributed by atoms with Crippen LogP contribution in [0.5, 0.6) is 0 Å². The van der Waals surface area contributed by atoms with Gasteiger partial charge in [0, 0.05) is 10.8 Å². The highest BCUT2D eigenvalue weighted by atomic mass is 16.3. The van der Waals surface area contributed by atoms with Crippen LogP contribution in [0.15, 0.2) is 138 Å². The van der Waals surface area contributed by atoms with E-state index in [1.54, 1.807) is 24.3 Å². The second-order valence-electron chi connectivity index (χ2n) is 9.40. The van der Waals surface area contributed by atoms with Crippen molar-refractivity contribution in [1.82, 2.24) is 0 Å². The third-order valence-corrected chi connectivity index (χ3v) is 7.40. The normalized spacial score (nSPS) is 13.3. The number of hydrogen-bond donors (Lipinski definition) is 0. The first-order valence-electron chi connectivity index (χ1n) is 14.4. The molecule has 0 atom stereocenters. The summed E-state index contributed by atoms with van der Waals surface area (Å²) in [7, 11) is 0. The standard InChI is InChI=1S/C36H22O/c1-2-11-24-22-25(21-20-23(24)10-1)34-26-12-3-5-14-28(26)35(29-15-6-4-13-27(29)34)31-17-9-19-33-36(31)30-16-7-8-18-32(30)37-33/h1-22H/i3D,4D,5D,6D. The van der Waals surface area contributed by atoms with Gasteiger partial charge in [-0.05, 0) is 72.8 Å². The first-order chi connectivity index (χ1) is 20.0. The summed E-state index contributed by atoms with van der Waals surface area (Å²) in [6, 6.07) is 36.1. The summed E-state index contributed by atoms with van der Waals surface area (Å²) >= 11 is 0. The molecule has 0 bridgehead atoms. The quantitative estimate of drug-likeness (QED) is 0.227. The van der Waals surface area contributed by atoms with Gasteiger partial charge in [-0.3, -0.25) is 0 Å². The molecule has 172 valence electrons. The van der Waals surface area contributed by atoms with Crippen molar-refractivity contribution in [3.63, 3.8) is 0 Å². The van der Waals surface area contributed by atoms with Crippen molar-refractivity contribution in [2.75, 3.05) is 0 Å². The average molecular weight is 475 g/mol. The monoisotopic (exact) mass is 474 g/mol. The van der Waals surface area contributed by atoms with Gasteiger partial charge in [-0.25, -0.2) is 0 Å². The van der Waals surface area contributed by atoms with Crippen molar-refractivity contribution in [3.8, 4) is 22.3 Å². The Bertz CT molecular complexity index is 2300. The fourth-order valence-electron chi connectivity index (χ4n) is 5.81. The molecule has 0 aliphatic carbocycles. The van der Waals surface area contributed by atoms with Crippen molar-refractivity contribution >= 4 is 54.3 Å². The molecule has 1 heterocycles. The number of furan rings is 1. The molecule has 8 rings (SSSR count). The predicted octanol–water partition coefficient (Wildman–Crippen LogP) is 10.4. The lowest BCUT2D eigenvalue weighted by molar-refractivity contribution is 0.669. The first kappa shape index (κ1) is 16.7. The number of rotatable bonds is 2. The SMILES string of the molecule is [2H]c1cc2c(-c3ccc4ccccc4c3)c3cc([2H])c([2H])cc3c(-c3cccc4oc5ccccc5c34)c2cc1[2H]. The fraction of sp³-hybridized carbons (Fsp3) is 0. The minimum absolute atomic E-state index is 0.134. The Hall–Kier alpha value is -4.88. The van der Waals surface area contributed by atoms with E-state index in [1.807, 2.05) is 48.5 Å². The van der Waals surface area contributed by atoms with Gasteiger partial charge in [0.25, 0.3) is 0 Å². The van der Waals surface area contributed by atoms with Crippen molar-refractivity contribution in [2.45, 2.75) is 0 Å². The average Bonchev–Trinajstić information content (AvgIpc) is 3.37. The highest BCUT2D eigenvalue weighted by Crippen LogP contribution is 2.46. The molecule has 0 saturated heterocycles. The maximum absolute atomic E-state index is 8.62. The van der Waals surface area contributed by atoms with E-state index in [0.29, 0.717) is 0 Å². The van der Waals surface area contributed by atoms with E-state index in [4.69, 9.17) is 9.90 Å². The molecule has 0 N–H and O–H groups in total. The summed E-state index contributed by atoms with van der Waals surface area (Å²) in [5.74, 6) is 0. The highest BCUT2D eigenvalue weighted by Gasteiger charge is 2.20. The van der Waals surface area contributed by atoms with Crippen LogP contribution >= 0.6 is 0 Å². The zero-order valence-electron chi connectivity index (χ0n) is 23.8. The summed E-state index contributed by atoms with van der Waals surface area (Å²) in [5, 5.41) is 7.52. The van der Waals surface area contributed by atoms with Gasteiger partial charge < -0.3 is 4.42 Å². The summed E-state index contributed by atoms with van der Waals surface area (Å²) < 4.78 is 40.7. The molecular formula is C36H22O. The molecule has 0 spiro atoms. The first-order valence-corrected chi connectivity index (χ1v) is 12.4. The van der Waals surface area contributed by atoms with E-state index in [1.165, 1.54) is 0 Å². The number of hydrogen-bond acceptors (Lipinski definition) is 1. The van der Waals surface area contributed by atoms with Crippen LogP contribution in [0, 0.1) is 0 Å². The van der Waals surface area contributed by atoms with Gasteiger partial charge in [-0.2, -0.15) is 0 Å². The molecule has 37 heavy (non-hydrogen) atoms. The zero-order valence-corrected chi connectivity index (χ0v) is 19.8. The summed E-state index contributed by atoms with van der Waals surface area (Å²) in [5.41, 5.74) is 5.22. The molecular weight excluding hydrogens is 448 g/mol. The summed E-state index contributed by atoms with van der Waals surface area (Å²) in [6.07, 6.45) is 0. The molecule has 1 nitrogen and oxygen atoms in total. The second-order valence-corrected chi connectivity index (χ2v) is 9.40. The maximum atomic E-state index is 8.62. The molecule has 0 aliphatic rings. The van der Waals surface area contributed by atoms with Crippen LogP contribution in [0.2, 0.25) is 0 Å². The molecule has 0 radical (unpaired) electrons. The lowest BCUT2D eigenvalue weighted by atomic mass is 9.84. The second kappa shape index (κ2) is 7.81. The maximum Gasteiger partial charge on any atom is 0.136 e. The van der Waals surface area contributed by atoms with Crippen LogP contribution < -0.4 is 0 Å². The molecule has 0 aliphatic heterocycles. The Labute approximate surface area is 219 Å². The van der Waals surface area contributed by atoms with Crippen molar-refractivity contribution in [1.29, 1.82) is 0 Å². The minimum atomic E-state index is 0.134. The van der Waals surface area contributed by atoms with E-state index in [0.717, 1.165) is 76.5 Å². The zero-order chi connectivity index (χ0) is 27.8. The fourth-order valence-corrected chi connectivity index (χ4v) is 5.81. The van der Waals surface area contributed by atoms with Crippen LogP contribution in [0.4, 0.5) is 0 Å². The number of fused-ring (bicyclic) bond motifs is 6. The lowest BCUT2D eigenvalue weighted by Crippen LogP contribution is -1.91. The topological polar surface area (TPSA) is 13.1 Å². The molecule has 8 aromatic rings. The van der Waals surface area contributed by atoms with Crippen LogP contribution in [0.3, 0.4) is 0 Å². The van der Waals surface area contributed by atoms with Gasteiger partial charge in [-0.1, -0.05) is 115 Å². The smallest absolute Gasteiger partial charge is 0.136 e. The van der Waals surface area contributed by atoms with E-state index >= 15 is 0 Å². The van der Waals surface area contributed by atoms with Crippen molar-refractivity contribution < 1.29 is 9.90 Å². The molecule has 7 aromatic carbocycles. The van der Waals surface area contributed by atoms with Crippen LogP contribution in [-0.4, -0.2) is 0 Å². The van der Waals surface area contributed by atoms with E-state index in [2.05, 4.69) is 36.4 Å². The highest BCUT2D eigenvalue weighted by molar-refractivity contribution is 6.25. The Kier molecular flexibility index (Phi) is 3.53. The Balaban J connectivity index is 1.61. The third kappa shape index (κ3) is 2.98. The van der Waals surface area contributed by atoms with Crippen molar-refractivity contribution in [2.24, 2.45) is 0 Å². The van der Waals surface area contributed by atoms with E-state index in [-0.39, 0.29) is 24.2 Å². The Morgan fingerprint density at radius 1 is 0.459 bits per heavy atom. The van der Waals surface area contributed by atoms with Gasteiger partial charge >= 0.3 is 0 Å².